The Kier molecular flexibility index (Phi) is 8.90. The predicted octanol–water partition coefficient (Wildman–Crippen LogP) is 5.32. The molecule has 0 saturated heterocycles. The SMILES string of the molecule is Cc1cccc(C(C(=O)NC(C)(C)C)N(C(=O)C(Cc2ccccc2)NC(=O)OC(C)(C)C)C2CC2C)c1. The summed E-state index contributed by atoms with van der Waals surface area (Å²) in [6.07, 6.45) is 0.404. The van der Waals surface area contributed by atoms with Crippen molar-refractivity contribution in [3.8, 4) is 0 Å². The quantitative estimate of drug-likeness (QED) is 0.492. The Bertz CT molecular complexity index is 1130. The van der Waals surface area contributed by atoms with Gasteiger partial charge in [-0.15, -0.1) is 0 Å². The van der Waals surface area contributed by atoms with E-state index in [9.17, 15) is 14.4 Å². The number of nitrogens with zero attached hydrogens (tertiary/aromatic N) is 1. The summed E-state index contributed by atoms with van der Waals surface area (Å²) in [7, 11) is 0. The third-order valence-corrected chi connectivity index (χ3v) is 6.33. The average molecular weight is 522 g/mol. The number of aryl methyl sites for hydroxylation is 1. The Labute approximate surface area is 227 Å². The summed E-state index contributed by atoms with van der Waals surface area (Å²) in [6.45, 7) is 15.2. The van der Waals surface area contributed by atoms with Crippen LogP contribution >= 0.6 is 0 Å². The molecule has 0 heterocycles. The largest absolute Gasteiger partial charge is 0.444 e. The number of hydrogen-bond acceptors (Lipinski definition) is 4. The summed E-state index contributed by atoms with van der Waals surface area (Å²) < 4.78 is 5.51. The van der Waals surface area contributed by atoms with Crippen molar-refractivity contribution in [1.82, 2.24) is 15.5 Å². The van der Waals surface area contributed by atoms with Crippen LogP contribution in [0.4, 0.5) is 4.79 Å². The summed E-state index contributed by atoms with van der Waals surface area (Å²) >= 11 is 0. The molecule has 4 unspecified atom stereocenters. The van der Waals surface area contributed by atoms with Gasteiger partial charge in [0.25, 0.3) is 0 Å². The highest BCUT2D eigenvalue weighted by atomic mass is 16.6. The molecule has 1 saturated carbocycles. The van der Waals surface area contributed by atoms with Gasteiger partial charge in [-0.1, -0.05) is 67.1 Å². The monoisotopic (exact) mass is 521 g/mol. The van der Waals surface area contributed by atoms with Crippen LogP contribution in [0.25, 0.3) is 0 Å². The van der Waals surface area contributed by atoms with E-state index >= 15 is 0 Å². The maximum absolute atomic E-state index is 14.4. The number of ether oxygens (including phenoxy) is 1. The molecule has 3 rings (SSSR count). The first-order valence-electron chi connectivity index (χ1n) is 13.4. The van der Waals surface area contributed by atoms with Gasteiger partial charge in [0.15, 0.2) is 0 Å². The molecule has 0 aliphatic heterocycles. The minimum absolute atomic E-state index is 0.113. The summed E-state index contributed by atoms with van der Waals surface area (Å²) in [6, 6.07) is 15.4. The van der Waals surface area contributed by atoms with E-state index in [1.807, 2.05) is 82.3 Å². The molecule has 2 aromatic carbocycles. The number of carbonyl (C=O) groups excluding carboxylic acids is 3. The zero-order chi connectivity index (χ0) is 28.3. The normalized spacial score (nSPS) is 18.6. The maximum Gasteiger partial charge on any atom is 0.408 e. The number of amides is 3. The fraction of sp³-hybridized carbons (Fsp3) is 0.516. The van der Waals surface area contributed by atoms with Crippen molar-refractivity contribution in [2.45, 2.75) is 97.5 Å². The van der Waals surface area contributed by atoms with Crippen molar-refractivity contribution in [2.24, 2.45) is 5.92 Å². The van der Waals surface area contributed by atoms with Gasteiger partial charge >= 0.3 is 6.09 Å². The van der Waals surface area contributed by atoms with Crippen molar-refractivity contribution < 1.29 is 19.1 Å². The Morgan fingerprint density at radius 3 is 2.16 bits per heavy atom. The molecule has 0 spiro atoms. The van der Waals surface area contributed by atoms with Gasteiger partial charge in [-0.25, -0.2) is 4.79 Å². The molecule has 1 aliphatic carbocycles. The predicted molar refractivity (Wildman–Crippen MR) is 150 cm³/mol. The summed E-state index contributed by atoms with van der Waals surface area (Å²) in [5.74, 6) is -0.302. The number of benzene rings is 2. The first-order valence-corrected chi connectivity index (χ1v) is 13.4. The molecular formula is C31H43N3O4. The van der Waals surface area contributed by atoms with Crippen molar-refractivity contribution >= 4 is 17.9 Å². The molecule has 2 N–H and O–H groups in total. The van der Waals surface area contributed by atoms with Gasteiger partial charge in [-0.05, 0) is 71.9 Å². The Morgan fingerprint density at radius 2 is 1.63 bits per heavy atom. The van der Waals surface area contributed by atoms with E-state index < -0.39 is 29.3 Å². The molecule has 7 nitrogen and oxygen atoms in total. The van der Waals surface area contributed by atoms with E-state index in [0.717, 1.165) is 23.1 Å². The second-order valence-corrected chi connectivity index (χ2v) is 12.5. The Morgan fingerprint density at radius 1 is 1.00 bits per heavy atom. The van der Waals surface area contributed by atoms with Gasteiger partial charge < -0.3 is 20.3 Å². The van der Waals surface area contributed by atoms with Crippen molar-refractivity contribution in [3.05, 3.63) is 71.3 Å². The molecule has 1 fully saturated rings. The van der Waals surface area contributed by atoms with Gasteiger partial charge in [-0.3, -0.25) is 9.59 Å². The molecule has 4 atom stereocenters. The fourth-order valence-electron chi connectivity index (χ4n) is 4.57. The molecule has 7 heteroatoms. The molecule has 0 aromatic heterocycles. The molecule has 1 aliphatic rings. The molecule has 206 valence electrons. The standard InChI is InChI=1S/C31H43N3O4/c1-20-13-12-16-23(17-20)26(27(35)33-30(3,4)5)34(25-18-21(25)2)28(36)24(19-22-14-10-9-11-15-22)32-29(37)38-31(6,7)8/h9-17,21,24-26H,18-19H2,1-8H3,(H,32,37)(H,33,35). The van der Waals surface area contributed by atoms with Crippen LogP contribution in [0.3, 0.4) is 0 Å². The molecule has 0 radical (unpaired) electrons. The van der Waals surface area contributed by atoms with Crippen LogP contribution < -0.4 is 10.6 Å². The van der Waals surface area contributed by atoms with E-state index in [1.165, 1.54) is 0 Å². The number of hydrogen-bond donors (Lipinski definition) is 2. The van der Waals surface area contributed by atoms with Crippen LogP contribution in [0.15, 0.2) is 54.6 Å². The van der Waals surface area contributed by atoms with E-state index in [2.05, 4.69) is 17.6 Å². The second-order valence-electron chi connectivity index (χ2n) is 12.5. The highest BCUT2D eigenvalue weighted by Crippen LogP contribution is 2.41. The van der Waals surface area contributed by atoms with Crippen molar-refractivity contribution in [3.63, 3.8) is 0 Å². The minimum atomic E-state index is -0.908. The highest BCUT2D eigenvalue weighted by Gasteiger charge is 2.48. The topological polar surface area (TPSA) is 87.7 Å². The molecule has 2 aromatic rings. The smallest absolute Gasteiger partial charge is 0.408 e. The minimum Gasteiger partial charge on any atom is -0.444 e. The summed E-state index contributed by atoms with van der Waals surface area (Å²) in [4.78, 5) is 42.8. The second kappa shape index (κ2) is 11.6. The number of nitrogens with one attached hydrogen (secondary N) is 2. The highest BCUT2D eigenvalue weighted by molar-refractivity contribution is 5.93. The maximum atomic E-state index is 14.4. The Balaban J connectivity index is 2.05. The van der Waals surface area contributed by atoms with Crippen LogP contribution in [-0.4, -0.2) is 46.0 Å². The third-order valence-electron chi connectivity index (χ3n) is 6.33. The molecular weight excluding hydrogens is 478 g/mol. The fourth-order valence-corrected chi connectivity index (χ4v) is 4.57. The molecule has 3 amide bonds. The van der Waals surface area contributed by atoms with E-state index in [-0.39, 0.29) is 30.2 Å². The van der Waals surface area contributed by atoms with Gasteiger partial charge in [-0.2, -0.15) is 0 Å². The van der Waals surface area contributed by atoms with Crippen LogP contribution in [0.1, 0.15) is 77.6 Å². The average Bonchev–Trinajstić information content (AvgIpc) is 3.50. The van der Waals surface area contributed by atoms with Crippen molar-refractivity contribution in [1.29, 1.82) is 0 Å². The number of carbonyl (C=O) groups is 3. The third kappa shape index (κ3) is 8.33. The first kappa shape index (κ1) is 29.2. The van der Waals surface area contributed by atoms with Gasteiger partial charge in [0.1, 0.15) is 17.7 Å². The van der Waals surface area contributed by atoms with Gasteiger partial charge in [0.2, 0.25) is 11.8 Å². The van der Waals surface area contributed by atoms with E-state index in [1.54, 1.807) is 25.7 Å². The van der Waals surface area contributed by atoms with Gasteiger partial charge in [0.05, 0.1) is 0 Å². The van der Waals surface area contributed by atoms with Crippen LogP contribution in [0.5, 0.6) is 0 Å². The summed E-state index contributed by atoms with van der Waals surface area (Å²) in [5, 5.41) is 5.91. The molecule has 0 bridgehead atoms. The van der Waals surface area contributed by atoms with Crippen LogP contribution in [0, 0.1) is 12.8 Å². The molecule has 38 heavy (non-hydrogen) atoms. The van der Waals surface area contributed by atoms with Crippen molar-refractivity contribution in [2.75, 3.05) is 0 Å². The Hall–Kier alpha value is -3.35. The number of rotatable bonds is 8. The van der Waals surface area contributed by atoms with E-state index in [0.29, 0.717) is 0 Å². The first-order chi connectivity index (χ1) is 17.6. The zero-order valence-electron chi connectivity index (χ0n) is 24.0. The lowest BCUT2D eigenvalue weighted by Crippen LogP contribution is -2.56. The lowest BCUT2D eigenvalue weighted by Gasteiger charge is -2.36. The van der Waals surface area contributed by atoms with Gasteiger partial charge in [0, 0.05) is 18.0 Å². The number of alkyl carbamates (subject to hydrolysis) is 1. The van der Waals surface area contributed by atoms with Crippen LogP contribution in [-0.2, 0) is 20.7 Å². The lowest BCUT2D eigenvalue weighted by atomic mass is 9.97. The van der Waals surface area contributed by atoms with E-state index in [4.69, 9.17) is 4.74 Å². The summed E-state index contributed by atoms with van der Waals surface area (Å²) in [5.41, 5.74) is 1.44. The lowest BCUT2D eigenvalue weighted by molar-refractivity contribution is -0.144. The zero-order valence-corrected chi connectivity index (χ0v) is 24.0. The van der Waals surface area contributed by atoms with Crippen LogP contribution in [0.2, 0.25) is 0 Å².